The third-order valence-corrected chi connectivity index (χ3v) is 15.3. The molecule has 6 aromatic rings. The minimum atomic E-state index is -0.478. The van der Waals surface area contributed by atoms with Crippen molar-refractivity contribution in [3.05, 3.63) is 184 Å². The number of non-ortho nitro benzene ring substituents is 2. The largest absolute Gasteiger partial charge is 0.507 e. The molecule has 0 radical (unpaired) electrons. The molecule has 0 spiro atoms. The van der Waals surface area contributed by atoms with Gasteiger partial charge >= 0.3 is 0 Å². The Balaban J connectivity index is 1.25. The summed E-state index contributed by atoms with van der Waals surface area (Å²) >= 11 is 10.9. The molecule has 0 aliphatic heterocycles. The molecule has 6 aromatic carbocycles. The number of rotatable bonds is 16. The van der Waals surface area contributed by atoms with Crippen LogP contribution in [0.15, 0.2) is 97.1 Å². The van der Waals surface area contributed by atoms with Gasteiger partial charge in [0.25, 0.3) is 23.2 Å². The maximum atomic E-state index is 13.8. The first-order chi connectivity index (χ1) is 40.2. The minimum absolute atomic E-state index is 0.0436. The number of nitro benzene ring substituents is 2. The van der Waals surface area contributed by atoms with Gasteiger partial charge in [0.05, 0.1) is 9.85 Å². The lowest BCUT2D eigenvalue weighted by atomic mass is 9.79. The molecule has 0 heterocycles. The number of fused-ring (bicyclic) bond motifs is 8. The molecule has 0 aromatic heterocycles. The maximum absolute atomic E-state index is 13.8. The summed E-state index contributed by atoms with van der Waals surface area (Å²) in [6.07, 6.45) is 0.843. The summed E-state index contributed by atoms with van der Waals surface area (Å²) < 4.78 is 13.4. The number of nitrogens with zero attached hydrogens (tertiary/aromatic N) is 2. The van der Waals surface area contributed by atoms with Gasteiger partial charge in [0.1, 0.15) is 23.0 Å². The Kier molecular flexibility index (Phi) is 20.4. The molecule has 0 saturated carbocycles. The Morgan fingerprint density at radius 3 is 0.930 bits per heavy atom. The topological polar surface area (TPSA) is 252 Å². The number of amides is 2. The quantitative estimate of drug-likeness (QED) is 0.0194. The highest BCUT2D eigenvalue weighted by atomic mass is 32.1. The fourth-order valence-corrected chi connectivity index (χ4v) is 10.3. The van der Waals surface area contributed by atoms with Crippen molar-refractivity contribution in [3.8, 4) is 23.0 Å². The molecule has 7 rings (SSSR count). The van der Waals surface area contributed by atoms with Crippen molar-refractivity contribution < 1.29 is 39.1 Å². The van der Waals surface area contributed by atoms with Crippen molar-refractivity contribution in [1.82, 2.24) is 21.3 Å². The van der Waals surface area contributed by atoms with Gasteiger partial charge in [-0.05, 0) is 137 Å². The minimum Gasteiger partial charge on any atom is -0.507 e. The molecule has 0 atom stereocenters. The van der Waals surface area contributed by atoms with Crippen molar-refractivity contribution in [2.75, 3.05) is 50.0 Å². The van der Waals surface area contributed by atoms with E-state index in [1.807, 2.05) is 24.3 Å². The molecule has 1 aliphatic rings. The third kappa shape index (κ3) is 17.4. The van der Waals surface area contributed by atoms with Gasteiger partial charge in [-0.3, -0.25) is 29.8 Å². The van der Waals surface area contributed by atoms with Gasteiger partial charge in [0.15, 0.2) is 23.4 Å². The van der Waals surface area contributed by atoms with Gasteiger partial charge < -0.3 is 51.6 Å². The van der Waals surface area contributed by atoms with Gasteiger partial charge in [-0.15, -0.1) is 0 Å². The van der Waals surface area contributed by atoms with Crippen molar-refractivity contribution in [3.63, 3.8) is 0 Å². The standard InChI is InChI=1S/C66H80N8O10S2/c1-63(2,3)47-29-39-25-43-33-49(65(7,8)9)35-45(59(43)83-37-55(75)67-21-23-69-61(85)71-51-13-17-53(18-14-51)73(79)80)27-41-31-48(64(4,5)6)32-42(58(41)78)28-46-36-50(66(10,11)12)34-44(26-40(30-47)57(39)77)60(46)84-38-56(76)68-22-24-70-62(86)72-52-15-19-54(20-16-52)74(81)82/h13-20,29-36,77-78H,21-28,37-38H2,1-12H3,(H,67,75)(H,68,76)(H2,69,71,85)(H2,70,72,86). The zero-order valence-corrected chi connectivity index (χ0v) is 52.8. The third-order valence-electron chi connectivity index (χ3n) is 14.8. The number of carbonyl (C=O) groups excluding carboxylic acids is 2. The molecule has 8 bridgehead atoms. The molecular formula is C66H80N8O10S2. The van der Waals surface area contributed by atoms with E-state index in [0.717, 1.165) is 44.5 Å². The van der Waals surface area contributed by atoms with Crippen LogP contribution in [0, 0.1) is 20.2 Å². The first kappa shape index (κ1) is 65.2. The second-order valence-electron chi connectivity index (χ2n) is 25.9. The number of thiocarbonyl (C=S) groups is 2. The van der Waals surface area contributed by atoms with E-state index in [9.17, 15) is 40.0 Å². The van der Waals surface area contributed by atoms with Gasteiger partial charge in [0.2, 0.25) is 0 Å². The number of hydrogen-bond acceptors (Lipinski definition) is 12. The van der Waals surface area contributed by atoms with Crippen LogP contribution in [0.4, 0.5) is 22.7 Å². The van der Waals surface area contributed by atoms with E-state index in [1.165, 1.54) is 24.3 Å². The maximum Gasteiger partial charge on any atom is 0.269 e. The Morgan fingerprint density at radius 2 is 0.686 bits per heavy atom. The molecule has 86 heavy (non-hydrogen) atoms. The molecule has 8 N–H and O–H groups in total. The van der Waals surface area contributed by atoms with E-state index in [2.05, 4.69) is 139 Å². The molecule has 2 amide bonds. The number of benzene rings is 6. The van der Waals surface area contributed by atoms with Crippen LogP contribution in [0.2, 0.25) is 0 Å². The summed E-state index contributed by atoms with van der Waals surface area (Å²) in [5.74, 6) is 0.313. The number of nitrogens with one attached hydrogen (secondary N) is 6. The number of aromatic hydroxyl groups is 2. The van der Waals surface area contributed by atoms with Crippen LogP contribution in [-0.4, -0.2) is 81.5 Å². The number of anilines is 2. The fourth-order valence-electron chi connectivity index (χ4n) is 9.83. The van der Waals surface area contributed by atoms with E-state index >= 15 is 0 Å². The van der Waals surface area contributed by atoms with E-state index in [-0.39, 0.29) is 132 Å². The second-order valence-corrected chi connectivity index (χ2v) is 26.7. The van der Waals surface area contributed by atoms with E-state index in [0.29, 0.717) is 45.1 Å². The first-order valence-corrected chi connectivity index (χ1v) is 29.5. The highest BCUT2D eigenvalue weighted by Crippen LogP contribution is 2.44. The van der Waals surface area contributed by atoms with E-state index < -0.39 is 9.85 Å². The van der Waals surface area contributed by atoms with Crippen molar-refractivity contribution >= 4 is 69.2 Å². The lowest BCUT2D eigenvalue weighted by Crippen LogP contribution is -2.38. The zero-order valence-electron chi connectivity index (χ0n) is 51.2. The molecule has 0 unspecified atom stereocenters. The summed E-state index contributed by atoms with van der Waals surface area (Å²) in [6.45, 7) is 25.8. The number of nitro groups is 2. The van der Waals surface area contributed by atoms with Crippen LogP contribution in [0.25, 0.3) is 0 Å². The van der Waals surface area contributed by atoms with Crippen LogP contribution >= 0.6 is 24.4 Å². The molecule has 456 valence electrons. The normalized spacial score (nSPS) is 12.5. The Bertz CT molecular complexity index is 3210. The summed E-state index contributed by atoms with van der Waals surface area (Å²) in [4.78, 5) is 48.8. The number of hydrogen-bond donors (Lipinski definition) is 8. The highest BCUT2D eigenvalue weighted by Gasteiger charge is 2.29. The highest BCUT2D eigenvalue weighted by molar-refractivity contribution is 7.80. The van der Waals surface area contributed by atoms with Gasteiger partial charge in [0, 0.05) is 87.5 Å². The van der Waals surface area contributed by atoms with E-state index in [4.69, 9.17) is 33.9 Å². The lowest BCUT2D eigenvalue weighted by Gasteiger charge is -2.28. The number of carbonyl (C=O) groups is 2. The Morgan fingerprint density at radius 1 is 0.442 bits per heavy atom. The molecule has 0 saturated heterocycles. The van der Waals surface area contributed by atoms with Crippen molar-refractivity contribution in [2.24, 2.45) is 0 Å². The Hall–Kier alpha value is -8.36. The van der Waals surface area contributed by atoms with Crippen molar-refractivity contribution in [1.29, 1.82) is 0 Å². The van der Waals surface area contributed by atoms with Crippen LogP contribution in [0.3, 0.4) is 0 Å². The fraction of sp³-hybridized carbons (Fsp3) is 0.394. The second kappa shape index (κ2) is 26.9. The average Bonchev–Trinajstić information content (AvgIpc) is 0.836. The summed E-state index contributed by atoms with van der Waals surface area (Å²) in [5, 5.41) is 66.1. The predicted molar refractivity (Wildman–Crippen MR) is 347 cm³/mol. The predicted octanol–water partition coefficient (Wildman–Crippen LogP) is 11.7. The molecule has 18 nitrogen and oxygen atoms in total. The van der Waals surface area contributed by atoms with Crippen LogP contribution < -0.4 is 41.4 Å². The molecule has 20 heteroatoms. The Labute approximate surface area is 514 Å². The monoisotopic (exact) mass is 1210 g/mol. The SMILES string of the molecule is CC(C)(C)c1cc2c(O)c(c1)Cc1cc(C(C)(C)C)cc(c1OCC(=O)NCCNC(=S)Nc1ccc([N+](=O)[O-])cc1)Cc1cc(C(C)(C)C)cc(c1O)Cc1cc(C(C)(C)C)cc(c1OCC(=O)NCCNC(=S)Nc1ccc([N+](=O)[O-])cc1)C2. The van der Waals surface area contributed by atoms with Crippen LogP contribution in [-0.2, 0) is 56.9 Å². The number of ether oxygens (including phenoxy) is 2. The molecular weight excluding hydrogens is 1130 g/mol. The zero-order chi connectivity index (χ0) is 63.1. The first-order valence-electron chi connectivity index (χ1n) is 28.6. The molecule has 0 fully saturated rings. The van der Waals surface area contributed by atoms with Crippen molar-refractivity contribution in [2.45, 2.75) is 130 Å². The van der Waals surface area contributed by atoms with E-state index in [1.54, 1.807) is 24.3 Å². The summed E-state index contributed by atoms with van der Waals surface area (Å²) in [5.41, 5.74) is 9.04. The number of phenolic OH excluding ortho intramolecular Hbond substituents is 2. The van der Waals surface area contributed by atoms with Gasteiger partial charge in [-0.25, -0.2) is 0 Å². The number of phenols is 2. The smallest absolute Gasteiger partial charge is 0.269 e. The summed E-state index contributed by atoms with van der Waals surface area (Å²) in [6, 6.07) is 28.2. The van der Waals surface area contributed by atoms with Crippen LogP contribution in [0.5, 0.6) is 23.0 Å². The van der Waals surface area contributed by atoms with Gasteiger partial charge in [-0.1, -0.05) is 132 Å². The lowest BCUT2D eigenvalue weighted by molar-refractivity contribution is -0.385. The summed E-state index contributed by atoms with van der Waals surface area (Å²) in [7, 11) is 0. The van der Waals surface area contributed by atoms with Gasteiger partial charge in [-0.2, -0.15) is 0 Å². The van der Waals surface area contributed by atoms with Crippen LogP contribution in [0.1, 0.15) is 150 Å². The molecule has 1 aliphatic carbocycles. The average molecular weight is 1210 g/mol.